The van der Waals surface area contributed by atoms with Crippen LogP contribution in [0.15, 0.2) is 24.3 Å². The molecule has 2 heteroatoms. The highest BCUT2D eigenvalue weighted by atomic mass is 16.5. The van der Waals surface area contributed by atoms with Crippen LogP contribution in [0.2, 0.25) is 0 Å². The van der Waals surface area contributed by atoms with Gasteiger partial charge < -0.3 is 10.1 Å². The molecule has 1 unspecified atom stereocenters. The second kappa shape index (κ2) is 8.43. The molecule has 0 radical (unpaired) electrons. The molecular formula is C18H29NO. The molecule has 1 aliphatic rings. The van der Waals surface area contributed by atoms with E-state index in [1.165, 1.54) is 43.2 Å². The van der Waals surface area contributed by atoms with Crippen molar-refractivity contribution in [1.82, 2.24) is 5.32 Å². The van der Waals surface area contributed by atoms with E-state index in [4.69, 9.17) is 4.74 Å². The third kappa shape index (κ3) is 4.60. The normalized spacial score (nSPS) is 18.1. The second-order valence-electron chi connectivity index (χ2n) is 5.98. The lowest BCUT2D eigenvalue weighted by Crippen LogP contribution is -2.24. The van der Waals surface area contributed by atoms with Gasteiger partial charge in [0.1, 0.15) is 0 Å². The predicted molar refractivity (Wildman–Crippen MR) is 85.0 cm³/mol. The Bertz CT molecular complexity index is 368. The minimum atomic E-state index is 0.310. The monoisotopic (exact) mass is 275 g/mol. The van der Waals surface area contributed by atoms with E-state index in [1.54, 1.807) is 0 Å². The Morgan fingerprint density at radius 2 is 1.85 bits per heavy atom. The van der Waals surface area contributed by atoms with E-state index >= 15 is 0 Å². The molecule has 2 rings (SSSR count). The van der Waals surface area contributed by atoms with E-state index in [1.807, 2.05) is 7.05 Å². The molecule has 0 saturated heterocycles. The maximum absolute atomic E-state index is 5.97. The van der Waals surface area contributed by atoms with Crippen LogP contribution in [0.5, 0.6) is 0 Å². The smallest absolute Gasteiger partial charge is 0.0661 e. The Morgan fingerprint density at radius 3 is 2.45 bits per heavy atom. The van der Waals surface area contributed by atoms with Gasteiger partial charge in [0, 0.05) is 6.61 Å². The summed E-state index contributed by atoms with van der Waals surface area (Å²) in [6, 6.07) is 9.21. The van der Waals surface area contributed by atoms with Gasteiger partial charge in [-0.25, -0.2) is 0 Å². The van der Waals surface area contributed by atoms with Gasteiger partial charge >= 0.3 is 0 Å². The lowest BCUT2D eigenvalue weighted by molar-refractivity contribution is 0.0707. The van der Waals surface area contributed by atoms with Crippen LogP contribution in [0.4, 0.5) is 0 Å². The van der Waals surface area contributed by atoms with Gasteiger partial charge in [0.25, 0.3) is 0 Å². The van der Waals surface area contributed by atoms with E-state index in [0.717, 1.165) is 25.6 Å². The predicted octanol–water partition coefficient (Wildman–Crippen LogP) is 4.11. The molecule has 2 nitrogen and oxygen atoms in total. The number of aryl methyl sites for hydroxylation is 1. The molecule has 1 fully saturated rings. The van der Waals surface area contributed by atoms with Crippen LogP contribution < -0.4 is 5.32 Å². The Labute approximate surface area is 123 Å². The first-order valence-electron chi connectivity index (χ1n) is 8.17. The molecular weight excluding hydrogens is 246 g/mol. The zero-order valence-corrected chi connectivity index (χ0v) is 13.0. The molecule has 1 aromatic carbocycles. The average molecular weight is 275 g/mol. The quantitative estimate of drug-likeness (QED) is 0.808. The molecule has 1 aromatic rings. The van der Waals surface area contributed by atoms with Gasteiger partial charge in [0.2, 0.25) is 0 Å². The molecule has 0 spiro atoms. The van der Waals surface area contributed by atoms with Crippen LogP contribution >= 0.6 is 0 Å². The fourth-order valence-electron chi connectivity index (χ4n) is 3.04. The maximum atomic E-state index is 5.97. The summed E-state index contributed by atoms with van der Waals surface area (Å²) < 4.78 is 5.97. The van der Waals surface area contributed by atoms with E-state index < -0.39 is 0 Å². The zero-order chi connectivity index (χ0) is 14.2. The van der Waals surface area contributed by atoms with E-state index in [2.05, 4.69) is 36.5 Å². The van der Waals surface area contributed by atoms with Crippen LogP contribution in [0, 0.1) is 5.92 Å². The first-order chi connectivity index (χ1) is 9.83. The van der Waals surface area contributed by atoms with Crippen molar-refractivity contribution in [3.63, 3.8) is 0 Å². The summed E-state index contributed by atoms with van der Waals surface area (Å²) in [6.07, 6.45) is 8.01. The molecule has 0 amide bonds. The summed E-state index contributed by atoms with van der Waals surface area (Å²) in [5.74, 6) is 0.795. The highest BCUT2D eigenvalue weighted by molar-refractivity contribution is 5.25. The topological polar surface area (TPSA) is 21.3 Å². The highest BCUT2D eigenvalue weighted by Crippen LogP contribution is 2.24. The Kier molecular flexibility index (Phi) is 6.55. The van der Waals surface area contributed by atoms with E-state index in [-0.39, 0.29) is 0 Å². The van der Waals surface area contributed by atoms with Crippen molar-refractivity contribution < 1.29 is 4.74 Å². The van der Waals surface area contributed by atoms with Crippen LogP contribution in [-0.4, -0.2) is 20.3 Å². The van der Waals surface area contributed by atoms with E-state index in [9.17, 15) is 0 Å². The number of benzene rings is 1. The highest BCUT2D eigenvalue weighted by Gasteiger charge is 2.15. The zero-order valence-electron chi connectivity index (χ0n) is 13.0. The number of ether oxygens (including phenoxy) is 1. The number of likely N-dealkylation sites (N-methyl/N-ethyl adjacent to an activating group) is 1. The van der Waals surface area contributed by atoms with Crippen molar-refractivity contribution in [3.05, 3.63) is 35.4 Å². The van der Waals surface area contributed by atoms with Gasteiger partial charge in [0.05, 0.1) is 12.6 Å². The number of nitrogens with one attached hydrogen (secondary N) is 1. The standard InChI is InChI=1S/C18H29NO/c1-3-15-9-11-17(12-10-15)18(19-2)14-20-13-16-7-5-4-6-8-16/h9-12,16,18-19H,3-8,13-14H2,1-2H3. The Balaban J connectivity index is 1.78. The van der Waals surface area contributed by atoms with Crippen LogP contribution in [0.3, 0.4) is 0 Å². The molecule has 1 atom stereocenters. The fraction of sp³-hybridized carbons (Fsp3) is 0.667. The average Bonchev–Trinajstić information content (AvgIpc) is 2.53. The molecule has 1 saturated carbocycles. The summed E-state index contributed by atoms with van der Waals surface area (Å²) in [4.78, 5) is 0. The van der Waals surface area contributed by atoms with Crippen LogP contribution in [-0.2, 0) is 11.2 Å². The third-order valence-corrected chi connectivity index (χ3v) is 4.50. The van der Waals surface area contributed by atoms with Gasteiger partial charge in [-0.1, -0.05) is 50.5 Å². The van der Waals surface area contributed by atoms with Crippen molar-refractivity contribution >= 4 is 0 Å². The van der Waals surface area contributed by atoms with Gasteiger partial charge in [0.15, 0.2) is 0 Å². The van der Waals surface area contributed by atoms with Crippen LogP contribution in [0.1, 0.15) is 56.2 Å². The first kappa shape index (κ1) is 15.5. The summed E-state index contributed by atoms with van der Waals surface area (Å²) in [5.41, 5.74) is 2.72. The van der Waals surface area contributed by atoms with Crippen LogP contribution in [0.25, 0.3) is 0 Å². The lowest BCUT2D eigenvalue weighted by atomic mass is 9.90. The number of rotatable bonds is 7. The molecule has 0 bridgehead atoms. The van der Waals surface area contributed by atoms with Gasteiger partial charge in [-0.3, -0.25) is 0 Å². The fourth-order valence-corrected chi connectivity index (χ4v) is 3.04. The minimum Gasteiger partial charge on any atom is -0.379 e. The van der Waals surface area contributed by atoms with E-state index in [0.29, 0.717) is 6.04 Å². The Hall–Kier alpha value is -0.860. The summed E-state index contributed by atoms with van der Waals surface area (Å²) in [7, 11) is 2.02. The van der Waals surface area contributed by atoms with Crippen molar-refractivity contribution in [2.75, 3.05) is 20.3 Å². The molecule has 1 aliphatic carbocycles. The van der Waals surface area contributed by atoms with Gasteiger partial charge in [-0.15, -0.1) is 0 Å². The molecule has 0 aliphatic heterocycles. The number of hydrogen-bond acceptors (Lipinski definition) is 2. The molecule has 0 heterocycles. The minimum absolute atomic E-state index is 0.310. The third-order valence-electron chi connectivity index (χ3n) is 4.50. The number of hydrogen-bond donors (Lipinski definition) is 1. The Morgan fingerprint density at radius 1 is 1.15 bits per heavy atom. The molecule has 20 heavy (non-hydrogen) atoms. The SMILES string of the molecule is CCc1ccc(C(COCC2CCCCC2)NC)cc1. The molecule has 0 aromatic heterocycles. The lowest BCUT2D eigenvalue weighted by Gasteiger charge is -2.23. The largest absolute Gasteiger partial charge is 0.379 e. The van der Waals surface area contributed by atoms with Crippen molar-refractivity contribution in [2.45, 2.75) is 51.5 Å². The summed E-state index contributed by atoms with van der Waals surface area (Å²) in [6.45, 7) is 3.90. The summed E-state index contributed by atoms with van der Waals surface area (Å²) in [5, 5.41) is 3.37. The first-order valence-corrected chi connectivity index (χ1v) is 8.17. The van der Waals surface area contributed by atoms with Crippen molar-refractivity contribution in [3.8, 4) is 0 Å². The maximum Gasteiger partial charge on any atom is 0.0661 e. The molecule has 112 valence electrons. The second-order valence-corrected chi connectivity index (χ2v) is 5.98. The van der Waals surface area contributed by atoms with Crippen molar-refractivity contribution in [2.24, 2.45) is 5.92 Å². The molecule has 1 N–H and O–H groups in total. The van der Waals surface area contributed by atoms with Crippen molar-refractivity contribution in [1.29, 1.82) is 0 Å². The summed E-state index contributed by atoms with van der Waals surface area (Å²) >= 11 is 0. The van der Waals surface area contributed by atoms with Gasteiger partial charge in [-0.2, -0.15) is 0 Å². The van der Waals surface area contributed by atoms with Gasteiger partial charge in [-0.05, 0) is 43.4 Å².